The average molecular weight is 706 g/mol. The molecular formula is C34H67N5O10. The summed E-state index contributed by atoms with van der Waals surface area (Å²) in [4.78, 5) is 12.5. The molecule has 15 heteroatoms. The largest absolute Gasteiger partial charge is 0.389 e. The van der Waals surface area contributed by atoms with Crippen LogP contribution in [0.4, 0.5) is 0 Å². The summed E-state index contributed by atoms with van der Waals surface area (Å²) in [5.41, 5.74) is 24.4. The molecule has 0 spiro atoms. The van der Waals surface area contributed by atoms with Crippen molar-refractivity contribution in [3.8, 4) is 0 Å². The van der Waals surface area contributed by atoms with Gasteiger partial charge in [0.2, 0.25) is 5.91 Å². The third kappa shape index (κ3) is 13.1. The Bertz CT molecular complexity index is 925. The molecule has 1 saturated carbocycles. The van der Waals surface area contributed by atoms with Crippen LogP contribution in [0.5, 0.6) is 0 Å². The maximum Gasteiger partial charge on any atom is 0.220 e. The van der Waals surface area contributed by atoms with Gasteiger partial charge in [0.25, 0.3) is 0 Å². The molecule has 0 aromatic heterocycles. The number of amides is 1. The number of aliphatic hydroxyl groups excluding tert-OH is 5. The topological polar surface area (TPSA) is 271 Å². The first-order valence-electron chi connectivity index (χ1n) is 18.7. The molecule has 0 unspecified atom stereocenters. The number of ether oxygens (including phenoxy) is 4. The summed E-state index contributed by atoms with van der Waals surface area (Å²) >= 11 is 0. The van der Waals surface area contributed by atoms with Crippen LogP contribution in [0.25, 0.3) is 0 Å². The monoisotopic (exact) mass is 705 g/mol. The van der Waals surface area contributed by atoms with Crippen LogP contribution in [0, 0.1) is 0 Å². The summed E-state index contributed by atoms with van der Waals surface area (Å²) < 4.78 is 23.5. The molecule has 3 aliphatic rings. The van der Waals surface area contributed by atoms with E-state index >= 15 is 0 Å². The van der Waals surface area contributed by atoms with Crippen LogP contribution in [-0.4, -0.2) is 130 Å². The predicted octanol–water partition coefficient (Wildman–Crippen LogP) is -0.657. The quantitative estimate of drug-likeness (QED) is 0.0665. The second-order valence-electron chi connectivity index (χ2n) is 14.3. The fourth-order valence-corrected chi connectivity index (χ4v) is 6.93. The van der Waals surface area contributed by atoms with E-state index in [9.17, 15) is 30.3 Å². The van der Waals surface area contributed by atoms with E-state index in [1.807, 2.05) is 0 Å². The standard InChI is InChI=1S/C34H67N5O10/c1-2-3-4-5-6-7-8-9-10-11-12-13-14-15-26(40)39-19-25-28(41)27(38)30(43)33(49-25)46-22-17-23(21(37)16-20(22)36)47-34-32(45)31(44)29(42)24(18-35)48-34/h20-25,27-34,41-45H,2-19,35-38H2,1H3,(H,39,40)/t20-,21+,22-,23+,24-,25-,27+,28-,29-,30-,31+,32-,33+,34+/m1/s1. The molecule has 3 fully saturated rings. The van der Waals surface area contributed by atoms with Crippen molar-refractivity contribution in [3.05, 3.63) is 0 Å². The summed E-state index contributed by atoms with van der Waals surface area (Å²) in [6, 6.07) is -2.26. The molecule has 0 radical (unpaired) electrons. The molecular weight excluding hydrogens is 638 g/mol. The third-order valence-corrected chi connectivity index (χ3v) is 10.2. The molecule has 0 aromatic carbocycles. The van der Waals surface area contributed by atoms with Gasteiger partial charge in [-0.2, -0.15) is 0 Å². The van der Waals surface area contributed by atoms with Gasteiger partial charge in [-0.3, -0.25) is 4.79 Å². The first-order valence-corrected chi connectivity index (χ1v) is 18.7. The zero-order chi connectivity index (χ0) is 35.9. The van der Waals surface area contributed by atoms with Crippen LogP contribution in [-0.2, 0) is 23.7 Å². The van der Waals surface area contributed by atoms with Gasteiger partial charge in [-0.05, 0) is 12.8 Å². The van der Waals surface area contributed by atoms with Crippen LogP contribution >= 0.6 is 0 Å². The van der Waals surface area contributed by atoms with Gasteiger partial charge in [0.1, 0.15) is 36.6 Å². The summed E-state index contributed by atoms with van der Waals surface area (Å²) in [6.45, 7) is 2.12. The van der Waals surface area contributed by atoms with Gasteiger partial charge in [0, 0.05) is 38.0 Å². The number of carbonyl (C=O) groups excluding carboxylic acids is 1. The average Bonchev–Trinajstić information content (AvgIpc) is 3.08. The Morgan fingerprint density at radius 1 is 0.653 bits per heavy atom. The lowest BCUT2D eigenvalue weighted by Crippen LogP contribution is -2.65. The van der Waals surface area contributed by atoms with E-state index in [4.69, 9.17) is 41.9 Å². The molecule has 2 heterocycles. The summed E-state index contributed by atoms with van der Waals surface area (Å²) in [6.07, 6.45) is 3.57. The minimum Gasteiger partial charge on any atom is -0.389 e. The van der Waals surface area contributed by atoms with Crippen molar-refractivity contribution in [1.82, 2.24) is 5.32 Å². The second kappa shape index (κ2) is 22.1. The molecule has 1 amide bonds. The lowest BCUT2D eigenvalue weighted by atomic mass is 9.86. The Kier molecular flexibility index (Phi) is 19.1. The molecule has 49 heavy (non-hydrogen) atoms. The molecule has 1 aliphatic carbocycles. The normalized spacial score (nSPS) is 38.4. The van der Waals surface area contributed by atoms with Gasteiger partial charge >= 0.3 is 0 Å². The Hall–Kier alpha value is -1.05. The minimum absolute atomic E-state index is 0.0144. The molecule has 14 atom stereocenters. The molecule has 15 nitrogen and oxygen atoms in total. The number of unbranched alkanes of at least 4 members (excludes halogenated alkanes) is 12. The van der Waals surface area contributed by atoms with E-state index in [1.54, 1.807) is 0 Å². The van der Waals surface area contributed by atoms with Crippen molar-refractivity contribution >= 4 is 5.91 Å². The van der Waals surface area contributed by atoms with Crippen molar-refractivity contribution < 1.29 is 49.3 Å². The molecule has 14 N–H and O–H groups in total. The Labute approximate surface area is 291 Å². The Morgan fingerprint density at radius 3 is 1.67 bits per heavy atom. The SMILES string of the molecule is CCCCCCCCCCCCCCCC(=O)NC[C@H]1O[C@H](O[C@@H]2C[C@H](O[C@H]3O[C@H](CN)[C@@H](O)[C@H](O)[C@H]3O)[C@@H](N)C[C@H]2N)[C@H](O)[C@@H](N)[C@@H]1O. The fraction of sp³-hybridized carbons (Fsp3) is 0.971. The maximum absolute atomic E-state index is 12.5. The first kappa shape index (κ1) is 42.4. The smallest absolute Gasteiger partial charge is 0.220 e. The fourth-order valence-electron chi connectivity index (χ4n) is 6.93. The van der Waals surface area contributed by atoms with Gasteiger partial charge in [-0.15, -0.1) is 0 Å². The van der Waals surface area contributed by atoms with E-state index in [-0.39, 0.29) is 31.8 Å². The predicted molar refractivity (Wildman–Crippen MR) is 183 cm³/mol. The minimum atomic E-state index is -1.55. The van der Waals surface area contributed by atoms with E-state index in [2.05, 4.69) is 12.2 Å². The van der Waals surface area contributed by atoms with E-state index in [1.165, 1.54) is 64.2 Å². The second-order valence-corrected chi connectivity index (χ2v) is 14.3. The molecule has 288 valence electrons. The highest BCUT2D eigenvalue weighted by Crippen LogP contribution is 2.31. The van der Waals surface area contributed by atoms with Gasteiger partial charge in [0.05, 0.1) is 24.4 Å². The molecule has 0 bridgehead atoms. The zero-order valence-corrected chi connectivity index (χ0v) is 29.4. The number of hydrogen-bond acceptors (Lipinski definition) is 14. The highest BCUT2D eigenvalue weighted by molar-refractivity contribution is 5.75. The van der Waals surface area contributed by atoms with Crippen molar-refractivity contribution in [2.24, 2.45) is 22.9 Å². The molecule has 0 aromatic rings. The van der Waals surface area contributed by atoms with E-state index in [0.717, 1.165) is 19.3 Å². The number of carbonyl (C=O) groups is 1. The first-order chi connectivity index (χ1) is 23.5. The summed E-state index contributed by atoms with van der Waals surface area (Å²) in [7, 11) is 0. The molecule has 2 aliphatic heterocycles. The van der Waals surface area contributed by atoms with Gasteiger partial charge in [-0.1, -0.05) is 84.0 Å². The van der Waals surface area contributed by atoms with Crippen molar-refractivity contribution in [2.45, 2.75) is 195 Å². The van der Waals surface area contributed by atoms with Crippen LogP contribution in [0.1, 0.15) is 110 Å². The van der Waals surface area contributed by atoms with Gasteiger partial charge in [-0.25, -0.2) is 0 Å². The summed E-state index contributed by atoms with van der Waals surface area (Å²) in [5, 5.41) is 55.1. The number of hydrogen-bond donors (Lipinski definition) is 10. The van der Waals surface area contributed by atoms with Crippen LogP contribution < -0.4 is 28.3 Å². The Morgan fingerprint density at radius 2 is 1.14 bits per heavy atom. The van der Waals surface area contributed by atoms with Crippen LogP contribution in [0.15, 0.2) is 0 Å². The number of nitrogens with one attached hydrogen (secondary N) is 1. The van der Waals surface area contributed by atoms with Crippen LogP contribution in [0.3, 0.4) is 0 Å². The highest BCUT2D eigenvalue weighted by atomic mass is 16.7. The molecule has 3 rings (SSSR count). The highest BCUT2D eigenvalue weighted by Gasteiger charge is 2.48. The number of aliphatic hydroxyl groups is 5. The van der Waals surface area contributed by atoms with Gasteiger partial charge in [0.15, 0.2) is 12.6 Å². The third-order valence-electron chi connectivity index (χ3n) is 10.2. The number of nitrogens with two attached hydrogens (primary N) is 4. The Balaban J connectivity index is 1.39. The van der Waals surface area contributed by atoms with Gasteiger partial charge < -0.3 is 72.7 Å². The summed E-state index contributed by atoms with van der Waals surface area (Å²) in [5.74, 6) is -0.152. The zero-order valence-electron chi connectivity index (χ0n) is 29.4. The lowest BCUT2D eigenvalue weighted by Gasteiger charge is -2.46. The lowest BCUT2D eigenvalue weighted by molar-refractivity contribution is -0.317. The van der Waals surface area contributed by atoms with E-state index < -0.39 is 85.6 Å². The van der Waals surface area contributed by atoms with Crippen molar-refractivity contribution in [1.29, 1.82) is 0 Å². The number of rotatable bonds is 21. The maximum atomic E-state index is 12.5. The van der Waals surface area contributed by atoms with Crippen molar-refractivity contribution in [3.63, 3.8) is 0 Å². The van der Waals surface area contributed by atoms with Crippen molar-refractivity contribution in [2.75, 3.05) is 13.1 Å². The van der Waals surface area contributed by atoms with E-state index in [0.29, 0.717) is 6.42 Å². The van der Waals surface area contributed by atoms with Crippen LogP contribution in [0.2, 0.25) is 0 Å². The molecule has 2 saturated heterocycles.